The molecule has 21 heavy (non-hydrogen) atoms. The normalized spacial score (nSPS) is 16.7. The fourth-order valence-electron chi connectivity index (χ4n) is 3.02. The predicted molar refractivity (Wildman–Crippen MR) is 88.3 cm³/mol. The van der Waals surface area contributed by atoms with Gasteiger partial charge in [-0.3, -0.25) is 9.69 Å². The summed E-state index contributed by atoms with van der Waals surface area (Å²) in [7, 11) is 2.06. The first kappa shape index (κ1) is 15.8. The van der Waals surface area contributed by atoms with Crippen molar-refractivity contribution in [1.82, 2.24) is 4.90 Å². The smallest absolute Gasteiger partial charge is 0.238 e. The largest absolute Gasteiger partial charge is 0.399 e. The molecule has 116 valence electrons. The zero-order chi connectivity index (χ0) is 15.2. The molecule has 1 saturated carbocycles. The van der Waals surface area contributed by atoms with Gasteiger partial charge >= 0.3 is 0 Å². The van der Waals surface area contributed by atoms with E-state index in [1.165, 1.54) is 38.5 Å². The number of aryl methyl sites for hydroxylation is 1. The summed E-state index contributed by atoms with van der Waals surface area (Å²) in [5.41, 5.74) is 8.30. The van der Waals surface area contributed by atoms with Crippen LogP contribution in [0.2, 0.25) is 0 Å². The number of nitrogens with one attached hydrogen (secondary N) is 1. The minimum absolute atomic E-state index is 0.0375. The molecule has 1 aromatic carbocycles. The molecule has 1 amide bonds. The van der Waals surface area contributed by atoms with Crippen LogP contribution in [-0.2, 0) is 4.79 Å². The zero-order valence-corrected chi connectivity index (χ0v) is 13.2. The molecule has 3 N–H and O–H groups in total. The lowest BCUT2D eigenvalue weighted by Crippen LogP contribution is -2.37. The maximum atomic E-state index is 12.2. The topological polar surface area (TPSA) is 58.4 Å². The van der Waals surface area contributed by atoms with Gasteiger partial charge in [-0.15, -0.1) is 0 Å². The van der Waals surface area contributed by atoms with E-state index >= 15 is 0 Å². The van der Waals surface area contributed by atoms with Crippen molar-refractivity contribution in [2.24, 2.45) is 0 Å². The lowest BCUT2D eigenvalue weighted by molar-refractivity contribution is -0.117. The van der Waals surface area contributed by atoms with Crippen LogP contribution < -0.4 is 11.1 Å². The number of hydrogen-bond acceptors (Lipinski definition) is 3. The molecule has 0 spiro atoms. The van der Waals surface area contributed by atoms with Crippen molar-refractivity contribution in [3.05, 3.63) is 23.8 Å². The van der Waals surface area contributed by atoms with Crippen LogP contribution in [0.25, 0.3) is 0 Å². The third-order valence-corrected chi connectivity index (χ3v) is 4.38. The van der Waals surface area contributed by atoms with Crippen molar-refractivity contribution >= 4 is 17.3 Å². The average Bonchev–Trinajstić information content (AvgIpc) is 2.72. The summed E-state index contributed by atoms with van der Waals surface area (Å²) in [6.07, 6.45) is 7.65. The number of nitrogens with zero attached hydrogens (tertiary/aromatic N) is 1. The van der Waals surface area contributed by atoms with E-state index in [4.69, 9.17) is 5.73 Å². The maximum absolute atomic E-state index is 12.2. The van der Waals surface area contributed by atoms with Crippen molar-refractivity contribution in [3.63, 3.8) is 0 Å². The summed E-state index contributed by atoms with van der Waals surface area (Å²) in [5, 5.41) is 2.98. The quantitative estimate of drug-likeness (QED) is 0.661. The monoisotopic (exact) mass is 289 g/mol. The van der Waals surface area contributed by atoms with Gasteiger partial charge in [-0.1, -0.05) is 31.7 Å². The van der Waals surface area contributed by atoms with Crippen LogP contribution in [0.4, 0.5) is 11.4 Å². The Kier molecular flexibility index (Phi) is 5.62. The number of amides is 1. The van der Waals surface area contributed by atoms with Crippen molar-refractivity contribution < 1.29 is 4.79 Å². The highest BCUT2D eigenvalue weighted by Crippen LogP contribution is 2.21. The molecular weight excluding hydrogens is 262 g/mol. The number of hydrogen-bond donors (Lipinski definition) is 2. The van der Waals surface area contributed by atoms with Crippen LogP contribution in [-0.4, -0.2) is 30.4 Å². The SMILES string of the molecule is Cc1ccc(N)cc1NC(=O)CN(C)C1CCCCCC1. The van der Waals surface area contributed by atoms with E-state index in [9.17, 15) is 4.79 Å². The highest BCUT2D eigenvalue weighted by Gasteiger charge is 2.19. The van der Waals surface area contributed by atoms with Crippen LogP contribution in [0.5, 0.6) is 0 Å². The van der Waals surface area contributed by atoms with Crippen LogP contribution in [0.3, 0.4) is 0 Å². The summed E-state index contributed by atoms with van der Waals surface area (Å²) < 4.78 is 0. The molecule has 2 rings (SSSR count). The number of anilines is 2. The van der Waals surface area contributed by atoms with Gasteiger partial charge in [-0.25, -0.2) is 0 Å². The third kappa shape index (κ3) is 4.74. The van der Waals surface area contributed by atoms with Crippen LogP contribution in [0, 0.1) is 6.92 Å². The van der Waals surface area contributed by atoms with Gasteiger partial charge in [0.2, 0.25) is 5.91 Å². The molecule has 0 heterocycles. The molecule has 0 saturated heterocycles. The Morgan fingerprint density at radius 1 is 1.29 bits per heavy atom. The van der Waals surface area contributed by atoms with Gasteiger partial charge in [0.1, 0.15) is 0 Å². The number of benzene rings is 1. The molecule has 0 aromatic heterocycles. The average molecular weight is 289 g/mol. The van der Waals surface area contributed by atoms with Crippen molar-refractivity contribution in [3.8, 4) is 0 Å². The summed E-state index contributed by atoms with van der Waals surface area (Å²) in [6, 6.07) is 6.14. The fraction of sp³-hybridized carbons (Fsp3) is 0.588. The van der Waals surface area contributed by atoms with Gasteiger partial charge in [0.05, 0.1) is 6.54 Å². The van der Waals surface area contributed by atoms with Gasteiger partial charge in [0, 0.05) is 17.4 Å². The number of rotatable bonds is 4. The van der Waals surface area contributed by atoms with E-state index < -0.39 is 0 Å². The van der Waals surface area contributed by atoms with Gasteiger partial charge in [0.25, 0.3) is 0 Å². The summed E-state index contributed by atoms with van der Waals surface area (Å²) in [5.74, 6) is 0.0375. The van der Waals surface area contributed by atoms with E-state index in [1.54, 1.807) is 0 Å². The van der Waals surface area contributed by atoms with E-state index in [2.05, 4.69) is 17.3 Å². The Labute approximate surface area is 127 Å². The molecule has 1 fully saturated rings. The van der Waals surface area contributed by atoms with Gasteiger partial charge in [-0.2, -0.15) is 0 Å². The molecule has 4 heteroatoms. The Bertz CT molecular complexity index is 479. The summed E-state index contributed by atoms with van der Waals surface area (Å²) >= 11 is 0. The second-order valence-electron chi connectivity index (χ2n) is 6.18. The molecule has 0 bridgehead atoms. The first-order chi connectivity index (χ1) is 10.1. The first-order valence-electron chi connectivity index (χ1n) is 7.92. The molecule has 0 aliphatic heterocycles. The Morgan fingerprint density at radius 3 is 2.62 bits per heavy atom. The molecular formula is C17H27N3O. The molecule has 1 aliphatic rings. The lowest BCUT2D eigenvalue weighted by Gasteiger charge is -2.26. The number of carbonyl (C=O) groups is 1. The summed E-state index contributed by atoms with van der Waals surface area (Å²) in [6.45, 7) is 2.42. The second-order valence-corrected chi connectivity index (χ2v) is 6.18. The number of nitrogens with two attached hydrogens (primary N) is 1. The molecule has 0 radical (unpaired) electrons. The van der Waals surface area contributed by atoms with E-state index in [-0.39, 0.29) is 5.91 Å². The molecule has 0 atom stereocenters. The van der Waals surface area contributed by atoms with E-state index in [1.807, 2.05) is 25.1 Å². The Morgan fingerprint density at radius 2 is 1.95 bits per heavy atom. The molecule has 1 aromatic rings. The molecule has 0 unspecified atom stereocenters. The van der Waals surface area contributed by atoms with E-state index in [0.717, 1.165) is 11.3 Å². The third-order valence-electron chi connectivity index (χ3n) is 4.38. The first-order valence-corrected chi connectivity index (χ1v) is 7.92. The Hall–Kier alpha value is -1.55. The standard InChI is InChI=1S/C17H27N3O/c1-13-9-10-14(18)11-16(13)19-17(21)12-20(2)15-7-5-3-4-6-8-15/h9-11,15H,3-8,12,18H2,1-2H3,(H,19,21). The molecule has 1 aliphatic carbocycles. The maximum Gasteiger partial charge on any atom is 0.238 e. The number of likely N-dealkylation sites (N-methyl/N-ethyl adjacent to an activating group) is 1. The highest BCUT2D eigenvalue weighted by atomic mass is 16.2. The Balaban J connectivity index is 1.89. The predicted octanol–water partition coefficient (Wildman–Crippen LogP) is 3.17. The van der Waals surface area contributed by atoms with Crippen LogP contribution >= 0.6 is 0 Å². The van der Waals surface area contributed by atoms with Gasteiger partial charge in [0.15, 0.2) is 0 Å². The van der Waals surface area contributed by atoms with Crippen molar-refractivity contribution in [2.75, 3.05) is 24.6 Å². The van der Waals surface area contributed by atoms with E-state index in [0.29, 0.717) is 18.3 Å². The summed E-state index contributed by atoms with van der Waals surface area (Å²) in [4.78, 5) is 14.4. The number of nitrogen functional groups attached to an aromatic ring is 1. The fourth-order valence-corrected chi connectivity index (χ4v) is 3.02. The van der Waals surface area contributed by atoms with Crippen LogP contribution in [0.1, 0.15) is 44.1 Å². The highest BCUT2D eigenvalue weighted by molar-refractivity contribution is 5.93. The lowest BCUT2D eigenvalue weighted by atomic mass is 10.1. The van der Waals surface area contributed by atoms with Gasteiger partial charge in [-0.05, 0) is 44.5 Å². The second kappa shape index (κ2) is 7.46. The molecule has 4 nitrogen and oxygen atoms in total. The van der Waals surface area contributed by atoms with Gasteiger partial charge < -0.3 is 11.1 Å². The minimum Gasteiger partial charge on any atom is -0.399 e. The number of carbonyl (C=O) groups excluding carboxylic acids is 1. The van der Waals surface area contributed by atoms with Crippen molar-refractivity contribution in [1.29, 1.82) is 0 Å². The zero-order valence-electron chi connectivity index (χ0n) is 13.2. The van der Waals surface area contributed by atoms with Crippen LogP contribution in [0.15, 0.2) is 18.2 Å². The minimum atomic E-state index is 0.0375. The van der Waals surface area contributed by atoms with Crippen molar-refractivity contribution in [2.45, 2.75) is 51.5 Å².